The van der Waals surface area contributed by atoms with Gasteiger partial charge in [-0.2, -0.15) is 0 Å². The van der Waals surface area contributed by atoms with Gasteiger partial charge in [0.2, 0.25) is 0 Å². The Hall–Kier alpha value is -1.66. The highest BCUT2D eigenvalue weighted by molar-refractivity contribution is 7.21. The van der Waals surface area contributed by atoms with Gasteiger partial charge < -0.3 is 15.8 Å². The van der Waals surface area contributed by atoms with Gasteiger partial charge in [-0.05, 0) is 31.4 Å². The number of hydrogen-bond acceptors (Lipinski definition) is 5. The van der Waals surface area contributed by atoms with Crippen LogP contribution in [0.3, 0.4) is 0 Å². The van der Waals surface area contributed by atoms with Crippen molar-refractivity contribution in [1.29, 1.82) is 0 Å². The molecule has 0 saturated heterocycles. The van der Waals surface area contributed by atoms with E-state index in [4.69, 9.17) is 10.5 Å². The largest absolute Gasteiger partial charge is 0.396 e. The number of rotatable bonds is 7. The Kier molecular flexibility index (Phi) is 5.31. The summed E-state index contributed by atoms with van der Waals surface area (Å²) in [7, 11) is 1.69. The van der Waals surface area contributed by atoms with Gasteiger partial charge >= 0.3 is 0 Å². The molecule has 0 aliphatic rings. The zero-order valence-electron chi connectivity index (χ0n) is 11.5. The molecule has 20 heavy (non-hydrogen) atoms. The number of ether oxygens (including phenoxy) is 1. The fraction of sp³-hybridized carbons (Fsp3) is 0.429. The van der Waals surface area contributed by atoms with Crippen LogP contribution in [0.2, 0.25) is 0 Å². The van der Waals surface area contributed by atoms with Gasteiger partial charge in [-0.1, -0.05) is 0 Å². The summed E-state index contributed by atoms with van der Waals surface area (Å²) in [6.07, 6.45) is 4.68. The highest BCUT2D eigenvalue weighted by Gasteiger charge is 2.16. The molecule has 2 aromatic heterocycles. The number of anilines is 1. The molecule has 108 valence electrons. The summed E-state index contributed by atoms with van der Waals surface area (Å²) in [5.41, 5.74) is 7.17. The summed E-state index contributed by atoms with van der Waals surface area (Å²) < 4.78 is 5.92. The van der Waals surface area contributed by atoms with E-state index in [0.717, 1.165) is 30.6 Å². The van der Waals surface area contributed by atoms with E-state index in [-0.39, 0.29) is 5.91 Å². The van der Waals surface area contributed by atoms with Gasteiger partial charge in [0, 0.05) is 26.5 Å². The fourth-order valence-electron chi connectivity index (χ4n) is 1.95. The van der Waals surface area contributed by atoms with Crippen LogP contribution in [0.5, 0.6) is 0 Å². The van der Waals surface area contributed by atoms with Crippen LogP contribution in [0.4, 0.5) is 5.69 Å². The van der Waals surface area contributed by atoms with Crippen molar-refractivity contribution in [3.8, 4) is 0 Å². The standard InChI is InChI=1S/C14H19N3O2S/c1-19-9-4-2-3-7-17-14(18)13-11(15)12-10(20-13)6-5-8-16-12/h5-6,8H,2-4,7,9,15H2,1H3,(H,17,18). The number of carbonyl (C=O) groups is 1. The van der Waals surface area contributed by atoms with E-state index >= 15 is 0 Å². The third kappa shape index (κ3) is 3.46. The molecule has 6 heteroatoms. The van der Waals surface area contributed by atoms with Gasteiger partial charge in [-0.3, -0.25) is 9.78 Å². The molecule has 3 N–H and O–H groups in total. The van der Waals surface area contributed by atoms with E-state index in [1.165, 1.54) is 11.3 Å². The van der Waals surface area contributed by atoms with Crippen molar-refractivity contribution in [3.05, 3.63) is 23.2 Å². The summed E-state index contributed by atoms with van der Waals surface area (Å²) in [6, 6.07) is 3.76. The van der Waals surface area contributed by atoms with Crippen molar-refractivity contribution >= 4 is 33.1 Å². The number of nitrogen functional groups attached to an aromatic ring is 1. The van der Waals surface area contributed by atoms with Crippen molar-refractivity contribution in [2.24, 2.45) is 0 Å². The maximum atomic E-state index is 12.1. The molecule has 0 bridgehead atoms. The predicted octanol–water partition coefficient (Wildman–Crippen LogP) is 2.42. The van der Waals surface area contributed by atoms with Crippen LogP contribution in [0.25, 0.3) is 10.2 Å². The lowest BCUT2D eigenvalue weighted by Crippen LogP contribution is -2.24. The lowest BCUT2D eigenvalue weighted by Gasteiger charge is -2.04. The first-order valence-corrected chi connectivity index (χ1v) is 7.46. The highest BCUT2D eigenvalue weighted by Crippen LogP contribution is 2.31. The number of fused-ring (bicyclic) bond motifs is 1. The van der Waals surface area contributed by atoms with Crippen molar-refractivity contribution in [2.75, 3.05) is 26.0 Å². The van der Waals surface area contributed by atoms with E-state index in [9.17, 15) is 4.79 Å². The molecule has 2 heterocycles. The number of pyridine rings is 1. The first-order valence-electron chi connectivity index (χ1n) is 6.64. The van der Waals surface area contributed by atoms with Gasteiger partial charge in [-0.25, -0.2) is 0 Å². The van der Waals surface area contributed by atoms with Gasteiger partial charge in [0.15, 0.2) is 0 Å². The lowest BCUT2D eigenvalue weighted by molar-refractivity contribution is 0.0957. The second-order valence-electron chi connectivity index (χ2n) is 4.50. The maximum Gasteiger partial charge on any atom is 0.263 e. The summed E-state index contributed by atoms with van der Waals surface area (Å²) in [4.78, 5) is 16.8. The number of nitrogens with two attached hydrogens (primary N) is 1. The second kappa shape index (κ2) is 7.21. The minimum atomic E-state index is -0.114. The Morgan fingerprint density at radius 1 is 1.45 bits per heavy atom. The molecular formula is C14H19N3O2S. The molecule has 0 aromatic carbocycles. The number of methoxy groups -OCH3 is 1. The van der Waals surface area contributed by atoms with Crippen LogP contribution in [-0.4, -0.2) is 31.2 Å². The van der Waals surface area contributed by atoms with E-state index in [2.05, 4.69) is 10.3 Å². The zero-order chi connectivity index (χ0) is 14.4. The molecule has 0 saturated carbocycles. The van der Waals surface area contributed by atoms with Crippen LogP contribution < -0.4 is 11.1 Å². The smallest absolute Gasteiger partial charge is 0.263 e. The average Bonchev–Trinajstić information content (AvgIpc) is 2.80. The Balaban J connectivity index is 1.89. The number of carbonyl (C=O) groups excluding carboxylic acids is 1. The van der Waals surface area contributed by atoms with Crippen LogP contribution in [-0.2, 0) is 4.74 Å². The molecule has 0 spiro atoms. The Bertz CT molecular complexity index is 583. The van der Waals surface area contributed by atoms with Crippen LogP contribution in [0.1, 0.15) is 28.9 Å². The number of nitrogens with zero attached hydrogens (tertiary/aromatic N) is 1. The monoisotopic (exact) mass is 293 g/mol. The topological polar surface area (TPSA) is 77.2 Å². The first-order chi connectivity index (χ1) is 9.74. The minimum Gasteiger partial charge on any atom is -0.396 e. The quantitative estimate of drug-likeness (QED) is 0.769. The summed E-state index contributed by atoms with van der Waals surface area (Å²) in [6.45, 7) is 1.42. The second-order valence-corrected chi connectivity index (χ2v) is 5.56. The van der Waals surface area contributed by atoms with E-state index in [1.807, 2.05) is 12.1 Å². The van der Waals surface area contributed by atoms with Crippen molar-refractivity contribution in [2.45, 2.75) is 19.3 Å². The maximum absolute atomic E-state index is 12.1. The number of aromatic nitrogens is 1. The number of hydrogen-bond donors (Lipinski definition) is 2. The van der Waals surface area contributed by atoms with Gasteiger partial charge in [0.1, 0.15) is 10.4 Å². The summed E-state index contributed by atoms with van der Waals surface area (Å²) >= 11 is 1.38. The Morgan fingerprint density at radius 3 is 3.05 bits per heavy atom. The molecule has 5 nitrogen and oxygen atoms in total. The number of thiophene rings is 1. The van der Waals surface area contributed by atoms with Gasteiger partial charge in [-0.15, -0.1) is 11.3 Å². The lowest BCUT2D eigenvalue weighted by atomic mass is 10.2. The normalized spacial score (nSPS) is 10.8. The number of unbranched alkanes of at least 4 members (excludes halogenated alkanes) is 2. The molecule has 1 amide bonds. The first kappa shape index (κ1) is 14.7. The van der Waals surface area contributed by atoms with E-state index < -0.39 is 0 Å². The fourth-order valence-corrected chi connectivity index (χ4v) is 2.94. The summed E-state index contributed by atoms with van der Waals surface area (Å²) in [5.74, 6) is -0.114. The SMILES string of the molecule is COCCCCCNC(=O)c1sc2cccnc2c1N. The molecule has 0 unspecified atom stereocenters. The van der Waals surface area contributed by atoms with Crippen molar-refractivity contribution < 1.29 is 9.53 Å². The Labute approximate surface area is 122 Å². The van der Waals surface area contributed by atoms with Crippen LogP contribution >= 0.6 is 11.3 Å². The van der Waals surface area contributed by atoms with Crippen molar-refractivity contribution in [1.82, 2.24) is 10.3 Å². The minimum absolute atomic E-state index is 0.114. The molecule has 0 aliphatic carbocycles. The van der Waals surface area contributed by atoms with E-state index in [1.54, 1.807) is 13.3 Å². The molecule has 0 fully saturated rings. The number of nitrogens with one attached hydrogen (secondary N) is 1. The molecule has 2 rings (SSSR count). The average molecular weight is 293 g/mol. The molecule has 0 aliphatic heterocycles. The molecule has 2 aromatic rings. The highest BCUT2D eigenvalue weighted by atomic mass is 32.1. The molecule has 0 atom stereocenters. The summed E-state index contributed by atoms with van der Waals surface area (Å²) in [5, 5.41) is 2.90. The third-order valence-electron chi connectivity index (χ3n) is 3.00. The molecular weight excluding hydrogens is 274 g/mol. The molecule has 0 radical (unpaired) electrons. The van der Waals surface area contributed by atoms with Gasteiger partial charge in [0.05, 0.1) is 10.4 Å². The zero-order valence-corrected chi connectivity index (χ0v) is 12.3. The van der Waals surface area contributed by atoms with E-state index in [0.29, 0.717) is 22.6 Å². The third-order valence-corrected chi connectivity index (χ3v) is 4.16. The van der Waals surface area contributed by atoms with Crippen molar-refractivity contribution in [3.63, 3.8) is 0 Å². The number of amides is 1. The van der Waals surface area contributed by atoms with Gasteiger partial charge in [0.25, 0.3) is 5.91 Å². The predicted molar refractivity (Wildman–Crippen MR) is 82.1 cm³/mol. The van der Waals surface area contributed by atoms with Crippen LogP contribution in [0.15, 0.2) is 18.3 Å². The van der Waals surface area contributed by atoms with Crippen LogP contribution in [0, 0.1) is 0 Å². The Morgan fingerprint density at radius 2 is 2.30 bits per heavy atom.